The average molecular weight is 416 g/mol. The first-order valence-electron chi connectivity index (χ1n) is 8.61. The third-order valence-electron chi connectivity index (χ3n) is 3.62. The van der Waals surface area contributed by atoms with Gasteiger partial charge in [0, 0.05) is 27.9 Å². The van der Waals surface area contributed by atoms with Crippen molar-refractivity contribution in [1.82, 2.24) is 5.32 Å². The minimum atomic E-state index is -0.499. The lowest BCUT2D eigenvalue weighted by Gasteiger charge is -2.18. The molecule has 0 aliphatic rings. The molecule has 0 saturated carbocycles. The fraction of sp³-hybridized carbons (Fsp3) is 0.190. The van der Waals surface area contributed by atoms with Crippen LogP contribution in [0.5, 0.6) is 0 Å². The topological polar surface area (TPSA) is 70.2 Å². The van der Waals surface area contributed by atoms with E-state index in [0.717, 1.165) is 5.56 Å². The fourth-order valence-electron chi connectivity index (χ4n) is 2.08. The van der Waals surface area contributed by atoms with Crippen molar-refractivity contribution >= 4 is 58.2 Å². The van der Waals surface area contributed by atoms with Gasteiger partial charge in [0.05, 0.1) is 0 Å². The molecule has 2 aromatic rings. The number of hydrogen-bond acceptors (Lipinski definition) is 3. The summed E-state index contributed by atoms with van der Waals surface area (Å²) < 4.78 is 0. The van der Waals surface area contributed by atoms with Crippen molar-refractivity contribution in [1.29, 1.82) is 0 Å². The first-order chi connectivity index (χ1) is 13.1. The number of amides is 2. The Kier molecular flexibility index (Phi) is 7.31. The van der Waals surface area contributed by atoms with E-state index >= 15 is 0 Å². The van der Waals surface area contributed by atoms with Crippen molar-refractivity contribution in [3.05, 3.63) is 65.2 Å². The number of rotatable bonds is 4. The van der Waals surface area contributed by atoms with Gasteiger partial charge in [-0.3, -0.25) is 14.9 Å². The lowest BCUT2D eigenvalue weighted by atomic mass is 9.95. The number of carbonyl (C=O) groups excluding carboxylic acids is 2. The molecule has 5 nitrogen and oxygen atoms in total. The van der Waals surface area contributed by atoms with Crippen molar-refractivity contribution in [3.8, 4) is 0 Å². The molecule has 0 aliphatic heterocycles. The number of anilines is 2. The highest BCUT2D eigenvalue weighted by molar-refractivity contribution is 7.80. The molecule has 0 aromatic heterocycles. The van der Waals surface area contributed by atoms with E-state index in [9.17, 15) is 9.59 Å². The highest BCUT2D eigenvalue weighted by Gasteiger charge is 2.21. The maximum Gasteiger partial charge on any atom is 0.250 e. The molecule has 3 N–H and O–H groups in total. The lowest BCUT2D eigenvalue weighted by Crippen LogP contribution is -2.32. The van der Waals surface area contributed by atoms with E-state index in [-0.39, 0.29) is 16.9 Å². The molecule has 0 aliphatic carbocycles. The molecule has 0 atom stereocenters. The van der Waals surface area contributed by atoms with Gasteiger partial charge in [-0.05, 0) is 48.1 Å². The van der Waals surface area contributed by atoms with Crippen LogP contribution in [0.1, 0.15) is 26.3 Å². The highest BCUT2D eigenvalue weighted by Crippen LogP contribution is 2.20. The van der Waals surface area contributed by atoms with Crippen LogP contribution in [-0.2, 0) is 9.59 Å². The zero-order valence-electron chi connectivity index (χ0n) is 15.9. The molecule has 0 fully saturated rings. The molecule has 7 heteroatoms. The summed E-state index contributed by atoms with van der Waals surface area (Å²) in [6.45, 7) is 5.52. The largest absolute Gasteiger partial charge is 0.332 e. The second-order valence-electron chi connectivity index (χ2n) is 7.08. The first-order valence-corrected chi connectivity index (χ1v) is 9.40. The smallest absolute Gasteiger partial charge is 0.250 e. The summed E-state index contributed by atoms with van der Waals surface area (Å²) in [5.41, 5.74) is 1.52. The van der Waals surface area contributed by atoms with E-state index in [1.54, 1.807) is 42.5 Å². The molecule has 0 radical (unpaired) electrons. The van der Waals surface area contributed by atoms with E-state index in [2.05, 4.69) is 16.0 Å². The first kappa shape index (κ1) is 21.6. The Morgan fingerprint density at radius 3 is 2.29 bits per heavy atom. The van der Waals surface area contributed by atoms with Gasteiger partial charge in [-0.1, -0.05) is 56.6 Å². The van der Waals surface area contributed by atoms with Gasteiger partial charge < -0.3 is 10.6 Å². The number of nitrogens with one attached hydrogen (secondary N) is 3. The van der Waals surface area contributed by atoms with Gasteiger partial charge in [-0.25, -0.2) is 0 Å². The molecular formula is C21H22ClN3O2S. The molecule has 0 unspecified atom stereocenters. The zero-order chi connectivity index (χ0) is 20.7. The van der Waals surface area contributed by atoms with Gasteiger partial charge in [0.1, 0.15) is 0 Å². The maximum atomic E-state index is 12.1. The van der Waals surface area contributed by atoms with Crippen LogP contribution >= 0.6 is 23.8 Å². The Hall–Kier alpha value is -2.70. The Balaban J connectivity index is 1.94. The third-order valence-corrected chi connectivity index (χ3v) is 4.16. The normalized spacial score (nSPS) is 11.1. The van der Waals surface area contributed by atoms with E-state index < -0.39 is 5.41 Å². The number of carbonyl (C=O) groups is 2. The number of hydrogen-bond donors (Lipinski definition) is 3. The minimum absolute atomic E-state index is 0.0924. The minimum Gasteiger partial charge on any atom is -0.332 e. The van der Waals surface area contributed by atoms with Crippen molar-refractivity contribution in [2.45, 2.75) is 20.8 Å². The van der Waals surface area contributed by atoms with E-state index in [1.165, 1.54) is 6.08 Å². The van der Waals surface area contributed by atoms with Gasteiger partial charge in [-0.15, -0.1) is 0 Å². The third kappa shape index (κ3) is 6.79. The Bertz CT molecular complexity index is 920. The summed E-state index contributed by atoms with van der Waals surface area (Å²) in [5.74, 6) is -0.472. The second kappa shape index (κ2) is 9.48. The van der Waals surface area contributed by atoms with Crippen LogP contribution in [0, 0.1) is 5.41 Å². The summed E-state index contributed by atoms with van der Waals surface area (Å²) in [6.07, 6.45) is 2.97. The maximum absolute atomic E-state index is 12.1. The Labute approximate surface area is 175 Å². The van der Waals surface area contributed by atoms with E-state index in [1.807, 2.05) is 32.9 Å². The zero-order valence-corrected chi connectivity index (χ0v) is 17.4. The molecule has 2 amide bonds. The molecule has 2 aromatic carbocycles. The SMILES string of the molecule is CC(C)(C)C(=O)Nc1cccc(NC(=S)NC(=O)/C=C/c2ccccc2Cl)c1. The fourth-order valence-corrected chi connectivity index (χ4v) is 2.50. The van der Waals surface area contributed by atoms with Crippen molar-refractivity contribution in [2.24, 2.45) is 5.41 Å². The predicted molar refractivity (Wildman–Crippen MR) is 119 cm³/mol. The van der Waals surface area contributed by atoms with Crippen LogP contribution in [0.15, 0.2) is 54.6 Å². The van der Waals surface area contributed by atoms with Crippen LogP contribution in [0.2, 0.25) is 5.02 Å². The van der Waals surface area contributed by atoms with Gasteiger partial charge in [0.2, 0.25) is 11.8 Å². The van der Waals surface area contributed by atoms with Crippen LogP contribution in [0.3, 0.4) is 0 Å². The van der Waals surface area contributed by atoms with Crippen LogP contribution in [0.25, 0.3) is 6.08 Å². The quantitative estimate of drug-likeness (QED) is 0.493. The molecule has 0 spiro atoms. The summed E-state index contributed by atoms with van der Waals surface area (Å²) in [5, 5.41) is 9.04. The molecule has 2 rings (SSSR count). The van der Waals surface area contributed by atoms with E-state index in [0.29, 0.717) is 16.4 Å². The Morgan fingerprint density at radius 2 is 1.64 bits per heavy atom. The molecule has 28 heavy (non-hydrogen) atoms. The van der Waals surface area contributed by atoms with Gasteiger partial charge in [0.25, 0.3) is 0 Å². The lowest BCUT2D eigenvalue weighted by molar-refractivity contribution is -0.123. The number of halogens is 1. The van der Waals surface area contributed by atoms with Crippen LogP contribution in [0.4, 0.5) is 11.4 Å². The van der Waals surface area contributed by atoms with Crippen molar-refractivity contribution in [3.63, 3.8) is 0 Å². The van der Waals surface area contributed by atoms with E-state index in [4.69, 9.17) is 23.8 Å². The van der Waals surface area contributed by atoms with Crippen molar-refractivity contribution in [2.75, 3.05) is 10.6 Å². The Morgan fingerprint density at radius 1 is 1.00 bits per heavy atom. The second-order valence-corrected chi connectivity index (χ2v) is 7.90. The summed E-state index contributed by atoms with van der Waals surface area (Å²) >= 11 is 11.2. The molecular weight excluding hydrogens is 394 g/mol. The molecule has 146 valence electrons. The summed E-state index contributed by atoms with van der Waals surface area (Å²) in [7, 11) is 0. The van der Waals surface area contributed by atoms with Crippen molar-refractivity contribution < 1.29 is 9.59 Å². The predicted octanol–water partition coefficient (Wildman–Crippen LogP) is 4.85. The van der Waals surface area contributed by atoms with Gasteiger partial charge >= 0.3 is 0 Å². The summed E-state index contributed by atoms with van der Waals surface area (Å²) in [6, 6.07) is 14.3. The van der Waals surface area contributed by atoms with Gasteiger partial charge in [0.15, 0.2) is 5.11 Å². The molecule has 0 saturated heterocycles. The standard InChI is InChI=1S/C21H22ClN3O2S/c1-21(2,3)19(27)23-15-8-6-9-16(13-15)24-20(28)25-18(26)12-11-14-7-4-5-10-17(14)22/h4-13H,1-3H3,(H,23,27)(H2,24,25,26,28)/b12-11+. The van der Waals surface area contributed by atoms with Gasteiger partial charge in [-0.2, -0.15) is 0 Å². The average Bonchev–Trinajstić information content (AvgIpc) is 2.60. The molecule has 0 bridgehead atoms. The highest BCUT2D eigenvalue weighted by atomic mass is 35.5. The number of benzene rings is 2. The monoisotopic (exact) mass is 415 g/mol. The van der Waals surface area contributed by atoms with Crippen LogP contribution < -0.4 is 16.0 Å². The van der Waals surface area contributed by atoms with Crippen LogP contribution in [-0.4, -0.2) is 16.9 Å². The number of thiocarbonyl (C=S) groups is 1. The molecule has 0 heterocycles. The summed E-state index contributed by atoms with van der Waals surface area (Å²) in [4.78, 5) is 24.1.